The SMILES string of the molecule is O=CCCc1c[nH]c2ccccc12. The normalized spacial score (nSPS) is 10.5. The lowest BCUT2D eigenvalue weighted by molar-refractivity contribution is -0.107. The van der Waals surface area contributed by atoms with Crippen LogP contribution in [0.2, 0.25) is 0 Å². The molecule has 0 bridgehead atoms. The second kappa shape index (κ2) is 3.44. The average molecular weight is 173 g/mol. The molecular weight excluding hydrogens is 162 g/mol. The van der Waals surface area contributed by atoms with Crippen LogP contribution in [0.25, 0.3) is 10.9 Å². The van der Waals surface area contributed by atoms with Gasteiger partial charge in [-0.05, 0) is 18.1 Å². The molecule has 0 atom stereocenters. The fourth-order valence-corrected chi connectivity index (χ4v) is 1.55. The van der Waals surface area contributed by atoms with Crippen LogP contribution < -0.4 is 0 Å². The molecule has 1 N–H and O–H groups in total. The fourth-order valence-electron chi connectivity index (χ4n) is 1.55. The quantitative estimate of drug-likeness (QED) is 0.710. The Morgan fingerprint density at radius 2 is 2.15 bits per heavy atom. The van der Waals surface area contributed by atoms with Crippen molar-refractivity contribution in [3.8, 4) is 0 Å². The third-order valence-corrected chi connectivity index (χ3v) is 2.21. The van der Waals surface area contributed by atoms with Gasteiger partial charge in [0.2, 0.25) is 0 Å². The zero-order valence-corrected chi connectivity index (χ0v) is 7.29. The van der Waals surface area contributed by atoms with Gasteiger partial charge in [-0.2, -0.15) is 0 Å². The molecule has 2 nitrogen and oxygen atoms in total. The van der Waals surface area contributed by atoms with Gasteiger partial charge in [0.1, 0.15) is 6.29 Å². The van der Waals surface area contributed by atoms with Crippen molar-refractivity contribution in [2.45, 2.75) is 12.8 Å². The van der Waals surface area contributed by atoms with E-state index in [1.165, 1.54) is 10.9 Å². The topological polar surface area (TPSA) is 32.9 Å². The van der Waals surface area contributed by atoms with Crippen LogP contribution in [0, 0.1) is 0 Å². The van der Waals surface area contributed by atoms with Crippen LogP contribution in [0.4, 0.5) is 0 Å². The summed E-state index contributed by atoms with van der Waals surface area (Å²) in [4.78, 5) is 13.4. The van der Waals surface area contributed by atoms with Crippen LogP contribution in [0.1, 0.15) is 12.0 Å². The second-order valence-electron chi connectivity index (χ2n) is 3.06. The standard InChI is InChI=1S/C11H11NO/c13-7-3-4-9-8-12-11-6-2-1-5-10(9)11/h1-2,5-8,12H,3-4H2. The number of fused-ring (bicyclic) bond motifs is 1. The van der Waals surface area contributed by atoms with E-state index in [-0.39, 0.29) is 0 Å². The number of carbonyl (C=O) groups is 1. The van der Waals surface area contributed by atoms with E-state index in [1.807, 2.05) is 24.4 Å². The molecule has 0 radical (unpaired) electrons. The monoisotopic (exact) mass is 173 g/mol. The van der Waals surface area contributed by atoms with Crippen molar-refractivity contribution in [1.82, 2.24) is 4.98 Å². The Hall–Kier alpha value is -1.57. The van der Waals surface area contributed by atoms with Gasteiger partial charge in [-0.3, -0.25) is 0 Å². The number of aromatic nitrogens is 1. The van der Waals surface area contributed by atoms with Crippen molar-refractivity contribution in [2.24, 2.45) is 0 Å². The number of carbonyl (C=O) groups excluding carboxylic acids is 1. The number of benzene rings is 1. The summed E-state index contributed by atoms with van der Waals surface area (Å²) < 4.78 is 0. The minimum absolute atomic E-state index is 0.599. The smallest absolute Gasteiger partial charge is 0.120 e. The molecule has 13 heavy (non-hydrogen) atoms. The highest BCUT2D eigenvalue weighted by Gasteiger charge is 2.00. The third-order valence-electron chi connectivity index (χ3n) is 2.21. The first kappa shape index (κ1) is 8.05. The number of rotatable bonds is 3. The lowest BCUT2D eigenvalue weighted by atomic mass is 10.1. The van der Waals surface area contributed by atoms with Crippen LogP contribution >= 0.6 is 0 Å². The highest BCUT2D eigenvalue weighted by atomic mass is 16.1. The van der Waals surface area contributed by atoms with Crippen molar-refractivity contribution < 1.29 is 4.79 Å². The molecule has 0 unspecified atom stereocenters. The molecule has 1 aromatic carbocycles. The van der Waals surface area contributed by atoms with Crippen molar-refractivity contribution in [1.29, 1.82) is 0 Å². The highest BCUT2D eigenvalue weighted by molar-refractivity contribution is 5.83. The molecule has 0 aliphatic rings. The van der Waals surface area contributed by atoms with Gasteiger partial charge < -0.3 is 9.78 Å². The van der Waals surface area contributed by atoms with Gasteiger partial charge in [0, 0.05) is 23.5 Å². The highest BCUT2D eigenvalue weighted by Crippen LogP contribution is 2.18. The molecule has 0 saturated carbocycles. The summed E-state index contributed by atoms with van der Waals surface area (Å²) in [5.41, 5.74) is 2.37. The largest absolute Gasteiger partial charge is 0.361 e. The molecule has 2 heteroatoms. The summed E-state index contributed by atoms with van der Waals surface area (Å²) in [5.74, 6) is 0. The summed E-state index contributed by atoms with van der Waals surface area (Å²) in [5, 5.41) is 1.23. The van der Waals surface area contributed by atoms with Gasteiger partial charge in [0.05, 0.1) is 0 Å². The van der Waals surface area contributed by atoms with Gasteiger partial charge in [-0.25, -0.2) is 0 Å². The lowest BCUT2D eigenvalue weighted by Gasteiger charge is -1.93. The molecule has 1 aromatic heterocycles. The van der Waals surface area contributed by atoms with Crippen LogP contribution in [0.5, 0.6) is 0 Å². The molecule has 0 spiro atoms. The summed E-state index contributed by atoms with van der Waals surface area (Å²) in [7, 11) is 0. The summed E-state index contributed by atoms with van der Waals surface area (Å²) in [6, 6.07) is 8.13. The average Bonchev–Trinajstić information content (AvgIpc) is 2.58. The summed E-state index contributed by atoms with van der Waals surface area (Å²) >= 11 is 0. The molecule has 0 saturated heterocycles. The van der Waals surface area contributed by atoms with E-state index in [1.54, 1.807) is 0 Å². The molecular formula is C11H11NO. The number of nitrogens with one attached hydrogen (secondary N) is 1. The zero-order chi connectivity index (χ0) is 9.10. The maximum atomic E-state index is 10.2. The molecule has 1 heterocycles. The minimum Gasteiger partial charge on any atom is -0.361 e. The Labute approximate surface area is 76.6 Å². The Morgan fingerprint density at radius 1 is 1.31 bits per heavy atom. The number of aryl methyl sites for hydroxylation is 1. The number of H-pyrrole nitrogens is 1. The number of aromatic amines is 1. The van der Waals surface area contributed by atoms with E-state index in [0.717, 1.165) is 18.2 Å². The van der Waals surface area contributed by atoms with Gasteiger partial charge in [-0.1, -0.05) is 18.2 Å². The van der Waals surface area contributed by atoms with Crippen molar-refractivity contribution in [3.05, 3.63) is 36.0 Å². The first-order valence-electron chi connectivity index (χ1n) is 4.40. The number of aldehydes is 1. The van der Waals surface area contributed by atoms with Gasteiger partial charge in [0.15, 0.2) is 0 Å². The van der Waals surface area contributed by atoms with Gasteiger partial charge in [0.25, 0.3) is 0 Å². The Balaban J connectivity index is 2.40. The number of para-hydroxylation sites is 1. The van der Waals surface area contributed by atoms with E-state index < -0.39 is 0 Å². The van der Waals surface area contributed by atoms with Crippen molar-refractivity contribution in [2.75, 3.05) is 0 Å². The molecule has 0 aliphatic carbocycles. The molecule has 2 rings (SSSR count). The predicted molar refractivity (Wildman–Crippen MR) is 52.7 cm³/mol. The first-order chi connectivity index (χ1) is 6.42. The summed E-state index contributed by atoms with van der Waals surface area (Å²) in [6.07, 6.45) is 4.37. The summed E-state index contributed by atoms with van der Waals surface area (Å²) in [6.45, 7) is 0. The van der Waals surface area contributed by atoms with Crippen LogP contribution in [-0.2, 0) is 11.2 Å². The minimum atomic E-state index is 0.599. The molecule has 0 aliphatic heterocycles. The first-order valence-corrected chi connectivity index (χ1v) is 4.40. The van der Waals surface area contributed by atoms with Gasteiger partial charge in [-0.15, -0.1) is 0 Å². The van der Waals surface area contributed by atoms with E-state index in [4.69, 9.17) is 0 Å². The maximum Gasteiger partial charge on any atom is 0.120 e. The lowest BCUT2D eigenvalue weighted by Crippen LogP contribution is -1.82. The van der Waals surface area contributed by atoms with E-state index >= 15 is 0 Å². The Morgan fingerprint density at radius 3 is 3.00 bits per heavy atom. The number of hydrogen-bond acceptors (Lipinski definition) is 1. The van der Waals surface area contributed by atoms with E-state index in [2.05, 4.69) is 11.1 Å². The van der Waals surface area contributed by atoms with E-state index in [0.29, 0.717) is 6.42 Å². The fraction of sp³-hybridized carbons (Fsp3) is 0.182. The third kappa shape index (κ3) is 1.47. The zero-order valence-electron chi connectivity index (χ0n) is 7.29. The number of hydrogen-bond donors (Lipinski definition) is 1. The van der Waals surface area contributed by atoms with Crippen LogP contribution in [-0.4, -0.2) is 11.3 Å². The predicted octanol–water partition coefficient (Wildman–Crippen LogP) is 2.30. The molecule has 0 amide bonds. The molecule has 66 valence electrons. The maximum absolute atomic E-state index is 10.2. The molecule has 2 aromatic rings. The van der Waals surface area contributed by atoms with E-state index in [9.17, 15) is 4.79 Å². The van der Waals surface area contributed by atoms with Crippen LogP contribution in [0.15, 0.2) is 30.5 Å². The van der Waals surface area contributed by atoms with Crippen molar-refractivity contribution >= 4 is 17.2 Å². The van der Waals surface area contributed by atoms with Gasteiger partial charge >= 0.3 is 0 Å². The Kier molecular flexibility index (Phi) is 2.13. The molecule has 0 fully saturated rings. The van der Waals surface area contributed by atoms with Crippen molar-refractivity contribution in [3.63, 3.8) is 0 Å². The Bertz CT molecular complexity index is 417. The second-order valence-corrected chi connectivity index (χ2v) is 3.06. The van der Waals surface area contributed by atoms with Crippen LogP contribution in [0.3, 0.4) is 0 Å².